The molecule has 2 aromatic carbocycles. The zero-order valence-electron chi connectivity index (χ0n) is 16.0. The molecular formula is C21H22N2O6. The van der Waals surface area contributed by atoms with E-state index in [2.05, 4.69) is 6.58 Å². The number of amides is 1. The molecule has 1 amide bonds. The van der Waals surface area contributed by atoms with Crippen molar-refractivity contribution in [2.24, 2.45) is 0 Å². The van der Waals surface area contributed by atoms with Crippen molar-refractivity contribution in [1.82, 2.24) is 4.90 Å². The third kappa shape index (κ3) is 4.38. The number of hydrogen-bond acceptors (Lipinski definition) is 6. The van der Waals surface area contributed by atoms with Crippen molar-refractivity contribution in [3.05, 3.63) is 75.9 Å². The van der Waals surface area contributed by atoms with Gasteiger partial charge in [-0.2, -0.15) is 0 Å². The van der Waals surface area contributed by atoms with E-state index in [4.69, 9.17) is 9.47 Å². The van der Waals surface area contributed by atoms with Gasteiger partial charge in [0.05, 0.1) is 30.7 Å². The zero-order valence-corrected chi connectivity index (χ0v) is 16.0. The smallest absolute Gasteiger partial charge is 0.286 e. The predicted octanol–water partition coefficient (Wildman–Crippen LogP) is 2.95. The Morgan fingerprint density at radius 1 is 1.31 bits per heavy atom. The van der Waals surface area contributed by atoms with Gasteiger partial charge in [0.1, 0.15) is 12.2 Å². The summed E-state index contributed by atoms with van der Waals surface area (Å²) in [6, 6.07) is 11.4. The Bertz CT molecular complexity index is 928. The summed E-state index contributed by atoms with van der Waals surface area (Å²) in [5.74, 6) is -0.167. The number of carbonyl (C=O) groups excluding carboxylic acids is 1. The summed E-state index contributed by atoms with van der Waals surface area (Å²) in [5.41, 5.74) is 1.17. The number of aliphatic hydroxyl groups is 1. The Kier molecular flexibility index (Phi) is 6.13. The highest BCUT2D eigenvalue weighted by atomic mass is 16.6. The lowest BCUT2D eigenvalue weighted by atomic mass is 10.1. The quantitative estimate of drug-likeness (QED) is 0.437. The highest BCUT2D eigenvalue weighted by molar-refractivity contribution is 5.99. The van der Waals surface area contributed by atoms with Crippen LogP contribution in [0.15, 0.2) is 54.6 Å². The highest BCUT2D eigenvalue weighted by Crippen LogP contribution is 2.37. The summed E-state index contributed by atoms with van der Waals surface area (Å²) in [6.45, 7) is 4.05. The fourth-order valence-electron chi connectivity index (χ4n) is 3.31. The first kappa shape index (κ1) is 20.3. The number of aliphatic hydroxyl groups excluding tert-OH is 1. The molecule has 1 saturated heterocycles. The van der Waals surface area contributed by atoms with Gasteiger partial charge in [0.15, 0.2) is 11.5 Å². The Morgan fingerprint density at radius 3 is 2.66 bits per heavy atom. The van der Waals surface area contributed by atoms with Crippen LogP contribution in [0.5, 0.6) is 11.5 Å². The van der Waals surface area contributed by atoms with Gasteiger partial charge in [-0.3, -0.25) is 14.9 Å². The van der Waals surface area contributed by atoms with Gasteiger partial charge < -0.3 is 19.5 Å². The standard InChI is InChI=1S/C21H22N2O6/c1-14-8-16(12-24)22(11-14)21(25)17-9-19(28-2)20(10-18(17)23(26)27)29-13-15-6-4-3-5-7-15/h3-7,9-10,16,24H,1,8,11-13H2,2H3. The normalized spacial score (nSPS) is 16.0. The van der Waals surface area contributed by atoms with Crippen LogP contribution in [0, 0.1) is 10.1 Å². The number of carbonyl (C=O) groups is 1. The van der Waals surface area contributed by atoms with Crippen molar-refractivity contribution in [3.63, 3.8) is 0 Å². The van der Waals surface area contributed by atoms with E-state index in [0.29, 0.717) is 6.42 Å². The van der Waals surface area contributed by atoms with Crippen LogP contribution in [0.4, 0.5) is 5.69 Å². The van der Waals surface area contributed by atoms with Crippen LogP contribution in [0.25, 0.3) is 0 Å². The lowest BCUT2D eigenvalue weighted by Gasteiger charge is -2.23. The SMILES string of the molecule is C=C1CC(CO)N(C(=O)c2cc(OC)c(OCc3ccccc3)cc2[N+](=O)[O-])C1. The van der Waals surface area contributed by atoms with Gasteiger partial charge in [-0.25, -0.2) is 0 Å². The van der Waals surface area contributed by atoms with Crippen LogP contribution in [-0.2, 0) is 6.61 Å². The third-order valence-electron chi connectivity index (χ3n) is 4.78. The first-order valence-corrected chi connectivity index (χ1v) is 9.06. The molecular weight excluding hydrogens is 376 g/mol. The summed E-state index contributed by atoms with van der Waals surface area (Å²) in [4.78, 5) is 25.4. The molecule has 152 valence electrons. The van der Waals surface area contributed by atoms with Crippen LogP contribution < -0.4 is 9.47 Å². The molecule has 29 heavy (non-hydrogen) atoms. The summed E-state index contributed by atoms with van der Waals surface area (Å²) < 4.78 is 11.0. The predicted molar refractivity (Wildman–Crippen MR) is 106 cm³/mol. The first-order valence-electron chi connectivity index (χ1n) is 9.06. The minimum atomic E-state index is -0.624. The van der Waals surface area contributed by atoms with Crippen molar-refractivity contribution in [2.45, 2.75) is 19.1 Å². The fourth-order valence-corrected chi connectivity index (χ4v) is 3.31. The molecule has 0 aliphatic carbocycles. The van der Waals surface area contributed by atoms with Gasteiger partial charge in [0.2, 0.25) is 0 Å². The molecule has 1 N–H and O–H groups in total. The summed E-state index contributed by atoms with van der Waals surface area (Å²) >= 11 is 0. The van der Waals surface area contributed by atoms with E-state index < -0.39 is 16.9 Å². The maximum absolute atomic E-state index is 13.0. The van der Waals surface area contributed by atoms with E-state index in [1.54, 1.807) is 0 Å². The number of benzene rings is 2. The van der Waals surface area contributed by atoms with Gasteiger partial charge in [0, 0.05) is 12.6 Å². The molecule has 0 saturated carbocycles. The topological polar surface area (TPSA) is 102 Å². The Hall–Kier alpha value is -3.39. The van der Waals surface area contributed by atoms with Crippen LogP contribution >= 0.6 is 0 Å². The second kappa shape index (κ2) is 8.74. The van der Waals surface area contributed by atoms with E-state index in [1.165, 1.54) is 24.1 Å². The molecule has 3 rings (SSSR count). The largest absolute Gasteiger partial charge is 0.493 e. The molecule has 1 aliphatic rings. The van der Waals surface area contributed by atoms with Crippen molar-refractivity contribution in [2.75, 3.05) is 20.3 Å². The van der Waals surface area contributed by atoms with Crippen LogP contribution in [0.3, 0.4) is 0 Å². The minimum absolute atomic E-state index is 0.118. The van der Waals surface area contributed by atoms with Crippen molar-refractivity contribution >= 4 is 11.6 Å². The summed E-state index contributed by atoms with van der Waals surface area (Å²) in [5, 5.41) is 21.2. The molecule has 0 aromatic heterocycles. The molecule has 1 atom stereocenters. The molecule has 0 radical (unpaired) electrons. The first-order chi connectivity index (χ1) is 13.9. The van der Waals surface area contributed by atoms with Gasteiger partial charge in [-0.15, -0.1) is 0 Å². The lowest BCUT2D eigenvalue weighted by molar-refractivity contribution is -0.385. The molecule has 8 heteroatoms. The van der Waals surface area contributed by atoms with E-state index in [0.717, 1.165) is 11.1 Å². The van der Waals surface area contributed by atoms with Crippen LogP contribution in [-0.4, -0.2) is 47.1 Å². The van der Waals surface area contributed by atoms with E-state index in [-0.39, 0.29) is 42.5 Å². The third-order valence-corrected chi connectivity index (χ3v) is 4.78. The van der Waals surface area contributed by atoms with Gasteiger partial charge in [-0.05, 0) is 12.0 Å². The van der Waals surface area contributed by atoms with Crippen molar-refractivity contribution in [3.8, 4) is 11.5 Å². The van der Waals surface area contributed by atoms with E-state index in [1.807, 2.05) is 30.3 Å². The number of rotatable bonds is 7. The molecule has 8 nitrogen and oxygen atoms in total. The number of ether oxygens (including phenoxy) is 2. The van der Waals surface area contributed by atoms with Crippen LogP contribution in [0.1, 0.15) is 22.3 Å². The van der Waals surface area contributed by atoms with E-state index >= 15 is 0 Å². The van der Waals surface area contributed by atoms with Crippen LogP contribution in [0.2, 0.25) is 0 Å². The molecule has 0 bridgehead atoms. The minimum Gasteiger partial charge on any atom is -0.493 e. The summed E-state index contributed by atoms with van der Waals surface area (Å²) in [6.07, 6.45) is 0.464. The van der Waals surface area contributed by atoms with Gasteiger partial charge >= 0.3 is 0 Å². The Labute approximate surface area is 168 Å². The molecule has 1 unspecified atom stereocenters. The lowest BCUT2D eigenvalue weighted by Crippen LogP contribution is -2.38. The van der Waals surface area contributed by atoms with Gasteiger partial charge in [0.25, 0.3) is 11.6 Å². The monoisotopic (exact) mass is 398 g/mol. The molecule has 1 fully saturated rings. The zero-order chi connectivity index (χ0) is 21.0. The second-order valence-corrected chi connectivity index (χ2v) is 6.78. The number of nitro benzene ring substituents is 1. The Balaban J connectivity index is 1.94. The average Bonchev–Trinajstić information content (AvgIpc) is 3.12. The number of nitrogens with zero attached hydrogens (tertiary/aromatic N) is 2. The molecule has 0 spiro atoms. The number of methoxy groups -OCH3 is 1. The molecule has 2 aromatic rings. The van der Waals surface area contributed by atoms with Crippen molar-refractivity contribution < 1.29 is 24.3 Å². The summed E-state index contributed by atoms with van der Waals surface area (Å²) in [7, 11) is 1.40. The number of nitro groups is 1. The van der Waals surface area contributed by atoms with E-state index in [9.17, 15) is 20.0 Å². The Morgan fingerprint density at radius 2 is 2.03 bits per heavy atom. The number of hydrogen-bond donors (Lipinski definition) is 1. The maximum Gasteiger partial charge on any atom is 0.286 e. The molecule has 1 heterocycles. The van der Waals surface area contributed by atoms with Gasteiger partial charge in [-0.1, -0.05) is 42.5 Å². The molecule has 1 aliphatic heterocycles. The van der Waals surface area contributed by atoms with Crippen molar-refractivity contribution in [1.29, 1.82) is 0 Å². The maximum atomic E-state index is 13.0. The second-order valence-electron chi connectivity index (χ2n) is 6.78. The fraction of sp³-hybridized carbons (Fsp3) is 0.286. The average molecular weight is 398 g/mol. The number of likely N-dealkylation sites (tertiary alicyclic amines) is 1. The highest BCUT2D eigenvalue weighted by Gasteiger charge is 2.35.